The first-order valence-electron chi connectivity index (χ1n) is 5.42. The monoisotopic (exact) mass is 297 g/mol. The number of aryl methyl sites for hydroxylation is 1. The van der Waals surface area contributed by atoms with Gasteiger partial charge in [-0.05, 0) is 13.0 Å². The SMILES string of the molecule is Cc1csc(CN(C)c2nnc(Cl)cc2C(N)=O)n1. The third-order valence-electron chi connectivity index (χ3n) is 2.41. The lowest BCUT2D eigenvalue weighted by molar-refractivity contribution is 0.1000. The fraction of sp³-hybridized carbons (Fsp3) is 0.273. The first-order chi connectivity index (χ1) is 8.97. The molecular weight excluding hydrogens is 286 g/mol. The molecule has 0 aliphatic heterocycles. The largest absolute Gasteiger partial charge is 0.365 e. The maximum atomic E-state index is 11.4. The lowest BCUT2D eigenvalue weighted by atomic mass is 10.2. The standard InChI is InChI=1S/C11H12ClN5OS/c1-6-5-19-9(14-6)4-17(2)11-7(10(13)18)3-8(12)15-16-11/h3,5H,4H2,1-2H3,(H2,13,18). The van der Waals surface area contributed by atoms with E-state index < -0.39 is 5.91 Å². The summed E-state index contributed by atoms with van der Waals surface area (Å²) in [5.74, 6) is -0.196. The molecule has 8 heteroatoms. The summed E-state index contributed by atoms with van der Waals surface area (Å²) in [5.41, 5.74) is 6.52. The van der Waals surface area contributed by atoms with Gasteiger partial charge in [0.15, 0.2) is 11.0 Å². The second kappa shape index (κ2) is 5.50. The number of halogens is 1. The van der Waals surface area contributed by atoms with Crippen molar-refractivity contribution in [2.45, 2.75) is 13.5 Å². The quantitative estimate of drug-likeness (QED) is 0.927. The molecule has 0 fully saturated rings. The summed E-state index contributed by atoms with van der Waals surface area (Å²) in [4.78, 5) is 17.5. The molecule has 19 heavy (non-hydrogen) atoms. The maximum Gasteiger partial charge on any atom is 0.252 e. The predicted octanol–water partition coefficient (Wildman–Crippen LogP) is 1.63. The molecule has 0 spiro atoms. The summed E-state index contributed by atoms with van der Waals surface area (Å²) in [5, 5.41) is 10.7. The minimum Gasteiger partial charge on any atom is -0.365 e. The zero-order valence-corrected chi connectivity index (χ0v) is 12.0. The average Bonchev–Trinajstić information content (AvgIpc) is 2.74. The molecule has 0 aromatic carbocycles. The van der Waals surface area contributed by atoms with Gasteiger partial charge in [0.1, 0.15) is 5.01 Å². The van der Waals surface area contributed by atoms with Crippen LogP contribution in [0.15, 0.2) is 11.4 Å². The van der Waals surface area contributed by atoms with Gasteiger partial charge in [0.2, 0.25) is 0 Å². The van der Waals surface area contributed by atoms with Crippen LogP contribution in [0.5, 0.6) is 0 Å². The van der Waals surface area contributed by atoms with Crippen LogP contribution >= 0.6 is 22.9 Å². The third kappa shape index (κ3) is 3.18. The highest BCUT2D eigenvalue weighted by molar-refractivity contribution is 7.09. The van der Waals surface area contributed by atoms with Gasteiger partial charge < -0.3 is 10.6 Å². The molecule has 6 nitrogen and oxygen atoms in total. The Morgan fingerprint density at radius 1 is 1.53 bits per heavy atom. The van der Waals surface area contributed by atoms with Crippen LogP contribution < -0.4 is 10.6 Å². The summed E-state index contributed by atoms with van der Waals surface area (Å²) < 4.78 is 0. The molecule has 0 atom stereocenters. The van der Waals surface area contributed by atoms with Gasteiger partial charge in [-0.1, -0.05) is 11.6 Å². The third-order valence-corrected chi connectivity index (χ3v) is 3.55. The minimum atomic E-state index is -0.589. The lowest BCUT2D eigenvalue weighted by Crippen LogP contribution is -2.23. The zero-order chi connectivity index (χ0) is 14.0. The molecule has 2 rings (SSSR count). The number of carbonyl (C=O) groups excluding carboxylic acids is 1. The first kappa shape index (κ1) is 13.7. The molecule has 0 aliphatic rings. The number of primary amides is 1. The van der Waals surface area contributed by atoms with E-state index in [1.165, 1.54) is 6.07 Å². The van der Waals surface area contributed by atoms with E-state index in [4.69, 9.17) is 17.3 Å². The number of nitrogens with zero attached hydrogens (tertiary/aromatic N) is 4. The number of nitrogens with two attached hydrogens (primary N) is 1. The molecule has 2 aromatic rings. The Morgan fingerprint density at radius 2 is 2.26 bits per heavy atom. The van der Waals surface area contributed by atoms with Crippen LogP contribution in [0.3, 0.4) is 0 Å². The number of hydrogen-bond acceptors (Lipinski definition) is 6. The fourth-order valence-electron chi connectivity index (χ4n) is 1.58. The second-order valence-electron chi connectivity index (χ2n) is 4.01. The maximum absolute atomic E-state index is 11.4. The Morgan fingerprint density at radius 3 is 2.84 bits per heavy atom. The number of thiazole rings is 1. The van der Waals surface area contributed by atoms with E-state index in [9.17, 15) is 4.79 Å². The Hall–Kier alpha value is -1.73. The van der Waals surface area contributed by atoms with Crippen molar-refractivity contribution in [3.05, 3.63) is 32.9 Å². The summed E-state index contributed by atoms with van der Waals surface area (Å²) in [6, 6.07) is 1.41. The molecule has 2 aromatic heterocycles. The summed E-state index contributed by atoms with van der Waals surface area (Å²) >= 11 is 7.27. The molecule has 100 valence electrons. The Balaban J connectivity index is 2.28. The number of anilines is 1. The van der Waals surface area contributed by atoms with Gasteiger partial charge in [0.25, 0.3) is 5.91 Å². The van der Waals surface area contributed by atoms with Gasteiger partial charge in [-0.2, -0.15) is 0 Å². The number of carbonyl (C=O) groups is 1. The molecule has 0 saturated heterocycles. The number of hydrogen-bond donors (Lipinski definition) is 1. The van der Waals surface area contributed by atoms with Gasteiger partial charge >= 0.3 is 0 Å². The number of amides is 1. The zero-order valence-electron chi connectivity index (χ0n) is 10.4. The van der Waals surface area contributed by atoms with Crippen molar-refractivity contribution in [1.29, 1.82) is 0 Å². The van der Waals surface area contributed by atoms with Crippen molar-refractivity contribution < 1.29 is 4.79 Å². The number of aromatic nitrogens is 3. The van der Waals surface area contributed by atoms with Crippen LogP contribution in [0, 0.1) is 6.92 Å². The highest BCUT2D eigenvalue weighted by atomic mass is 35.5. The van der Waals surface area contributed by atoms with Crippen LogP contribution in [-0.2, 0) is 6.54 Å². The molecule has 2 heterocycles. The Labute approximate surface area is 119 Å². The fourth-order valence-corrected chi connectivity index (χ4v) is 2.55. The Bertz CT molecular complexity index is 615. The smallest absolute Gasteiger partial charge is 0.252 e. The van der Waals surface area contributed by atoms with E-state index in [1.807, 2.05) is 12.3 Å². The van der Waals surface area contributed by atoms with Crippen molar-refractivity contribution in [2.75, 3.05) is 11.9 Å². The van der Waals surface area contributed by atoms with Gasteiger partial charge in [-0.15, -0.1) is 21.5 Å². The van der Waals surface area contributed by atoms with Gasteiger partial charge in [-0.3, -0.25) is 4.79 Å². The van der Waals surface area contributed by atoms with Crippen molar-refractivity contribution in [2.24, 2.45) is 5.73 Å². The van der Waals surface area contributed by atoms with E-state index in [-0.39, 0.29) is 10.7 Å². The Kier molecular flexibility index (Phi) is 3.96. The number of rotatable bonds is 4. The van der Waals surface area contributed by atoms with Crippen LogP contribution in [0.4, 0.5) is 5.82 Å². The van der Waals surface area contributed by atoms with Crippen molar-refractivity contribution >= 4 is 34.7 Å². The summed E-state index contributed by atoms with van der Waals surface area (Å²) in [6.45, 7) is 2.45. The van der Waals surface area contributed by atoms with Gasteiger partial charge in [-0.25, -0.2) is 4.98 Å². The first-order valence-corrected chi connectivity index (χ1v) is 6.68. The molecule has 0 radical (unpaired) electrons. The summed E-state index contributed by atoms with van der Waals surface area (Å²) in [7, 11) is 1.79. The van der Waals surface area contributed by atoms with Gasteiger partial charge in [0, 0.05) is 18.1 Å². The van der Waals surface area contributed by atoms with Crippen molar-refractivity contribution in [3.63, 3.8) is 0 Å². The second-order valence-corrected chi connectivity index (χ2v) is 5.34. The predicted molar refractivity (Wildman–Crippen MR) is 74.5 cm³/mol. The molecule has 0 bridgehead atoms. The normalized spacial score (nSPS) is 10.5. The topological polar surface area (TPSA) is 85.0 Å². The summed E-state index contributed by atoms with van der Waals surface area (Å²) in [6.07, 6.45) is 0. The highest BCUT2D eigenvalue weighted by Crippen LogP contribution is 2.20. The molecule has 0 saturated carbocycles. The van der Waals surface area contributed by atoms with Crippen LogP contribution in [-0.4, -0.2) is 28.1 Å². The molecule has 0 aliphatic carbocycles. The highest BCUT2D eigenvalue weighted by Gasteiger charge is 2.16. The molecule has 1 amide bonds. The van der Waals surface area contributed by atoms with E-state index in [1.54, 1.807) is 23.3 Å². The van der Waals surface area contributed by atoms with E-state index in [2.05, 4.69) is 15.2 Å². The van der Waals surface area contributed by atoms with E-state index in [0.717, 1.165) is 10.7 Å². The van der Waals surface area contributed by atoms with Gasteiger partial charge in [0.05, 0.1) is 12.1 Å². The van der Waals surface area contributed by atoms with Crippen LogP contribution in [0.2, 0.25) is 5.15 Å². The van der Waals surface area contributed by atoms with Crippen molar-refractivity contribution in [1.82, 2.24) is 15.2 Å². The van der Waals surface area contributed by atoms with Crippen LogP contribution in [0.25, 0.3) is 0 Å². The molecular formula is C11H12ClN5OS. The molecule has 0 unspecified atom stereocenters. The average molecular weight is 298 g/mol. The lowest BCUT2D eigenvalue weighted by Gasteiger charge is -2.18. The van der Waals surface area contributed by atoms with E-state index >= 15 is 0 Å². The van der Waals surface area contributed by atoms with Crippen molar-refractivity contribution in [3.8, 4) is 0 Å². The molecule has 2 N–H and O–H groups in total. The van der Waals surface area contributed by atoms with Crippen LogP contribution in [0.1, 0.15) is 21.1 Å². The minimum absolute atomic E-state index is 0.135. The van der Waals surface area contributed by atoms with E-state index in [0.29, 0.717) is 12.4 Å².